The van der Waals surface area contributed by atoms with Crippen molar-refractivity contribution in [2.24, 2.45) is 0 Å². The van der Waals surface area contributed by atoms with Crippen LogP contribution in [0, 0.1) is 0 Å². The summed E-state index contributed by atoms with van der Waals surface area (Å²) in [5.74, 6) is 1.49. The Balaban J connectivity index is 1.46. The molecule has 1 aliphatic carbocycles. The van der Waals surface area contributed by atoms with Crippen molar-refractivity contribution in [2.75, 3.05) is 39.6 Å². The van der Waals surface area contributed by atoms with Crippen LogP contribution in [0.3, 0.4) is 0 Å². The smallest absolute Gasteiger partial charge is 0.330 e. The molecule has 0 radical (unpaired) electrons. The lowest BCUT2D eigenvalue weighted by atomic mass is 9.87. The SMILES string of the molecule is C=CC(=O)OCCOCCOc1c2c(c(OCC3CO3)c3ccccc13)CCCC2. The van der Waals surface area contributed by atoms with Crippen LogP contribution in [0.5, 0.6) is 11.5 Å². The van der Waals surface area contributed by atoms with Crippen LogP contribution in [0.1, 0.15) is 24.0 Å². The van der Waals surface area contributed by atoms with E-state index in [1.807, 2.05) is 12.1 Å². The molecular weight excluding hydrogens is 384 g/mol. The predicted octanol–water partition coefficient (Wildman–Crippen LogP) is 3.62. The summed E-state index contributed by atoms with van der Waals surface area (Å²) in [6, 6.07) is 8.26. The molecule has 1 fully saturated rings. The molecule has 30 heavy (non-hydrogen) atoms. The second-order valence-electron chi connectivity index (χ2n) is 7.47. The van der Waals surface area contributed by atoms with Gasteiger partial charge in [-0.25, -0.2) is 4.79 Å². The van der Waals surface area contributed by atoms with Gasteiger partial charge in [0.25, 0.3) is 0 Å². The van der Waals surface area contributed by atoms with Gasteiger partial charge in [-0.2, -0.15) is 0 Å². The van der Waals surface area contributed by atoms with Crippen LogP contribution in [0.15, 0.2) is 36.9 Å². The number of fused-ring (bicyclic) bond motifs is 2. The van der Waals surface area contributed by atoms with E-state index in [9.17, 15) is 4.79 Å². The molecule has 0 spiro atoms. The van der Waals surface area contributed by atoms with Crippen molar-refractivity contribution in [3.05, 3.63) is 48.0 Å². The van der Waals surface area contributed by atoms with Gasteiger partial charge in [0.15, 0.2) is 0 Å². The van der Waals surface area contributed by atoms with Gasteiger partial charge >= 0.3 is 5.97 Å². The number of carbonyl (C=O) groups excluding carboxylic acids is 1. The Labute approximate surface area is 176 Å². The maximum atomic E-state index is 11.0. The number of hydrogen-bond donors (Lipinski definition) is 0. The quantitative estimate of drug-likeness (QED) is 0.243. The van der Waals surface area contributed by atoms with Crippen molar-refractivity contribution < 1.29 is 28.5 Å². The van der Waals surface area contributed by atoms with E-state index in [4.69, 9.17) is 23.7 Å². The zero-order chi connectivity index (χ0) is 20.8. The Hall–Kier alpha value is -2.57. The molecule has 0 N–H and O–H groups in total. The number of hydrogen-bond acceptors (Lipinski definition) is 6. The van der Waals surface area contributed by atoms with E-state index >= 15 is 0 Å². The normalized spacial score (nSPS) is 17.3. The molecule has 1 heterocycles. The van der Waals surface area contributed by atoms with Gasteiger partial charge in [-0.15, -0.1) is 0 Å². The summed E-state index contributed by atoms with van der Waals surface area (Å²) in [7, 11) is 0. The second kappa shape index (κ2) is 9.96. The first kappa shape index (κ1) is 20.7. The van der Waals surface area contributed by atoms with E-state index in [1.165, 1.54) is 11.1 Å². The van der Waals surface area contributed by atoms with Crippen LogP contribution in [0.4, 0.5) is 0 Å². The number of epoxide rings is 1. The first-order valence-electron chi connectivity index (χ1n) is 10.6. The van der Waals surface area contributed by atoms with Gasteiger partial charge < -0.3 is 23.7 Å². The lowest BCUT2D eigenvalue weighted by molar-refractivity contribution is -0.139. The van der Waals surface area contributed by atoms with E-state index in [-0.39, 0.29) is 12.7 Å². The molecule has 0 saturated carbocycles. The van der Waals surface area contributed by atoms with E-state index in [1.54, 1.807) is 0 Å². The van der Waals surface area contributed by atoms with Crippen LogP contribution < -0.4 is 9.47 Å². The molecule has 6 heteroatoms. The molecule has 4 rings (SSSR count). The molecule has 2 aromatic carbocycles. The van der Waals surface area contributed by atoms with E-state index in [0.29, 0.717) is 26.4 Å². The van der Waals surface area contributed by atoms with Gasteiger partial charge in [-0.1, -0.05) is 30.8 Å². The van der Waals surface area contributed by atoms with Gasteiger partial charge in [0.1, 0.15) is 37.4 Å². The summed E-state index contributed by atoms with van der Waals surface area (Å²) in [6.45, 7) is 6.14. The van der Waals surface area contributed by atoms with Crippen LogP contribution in [0.2, 0.25) is 0 Å². The fraction of sp³-hybridized carbons (Fsp3) is 0.458. The van der Waals surface area contributed by atoms with E-state index < -0.39 is 5.97 Å². The number of rotatable bonds is 11. The zero-order valence-corrected chi connectivity index (χ0v) is 17.2. The number of carbonyl (C=O) groups is 1. The highest BCUT2D eigenvalue weighted by Gasteiger charge is 2.27. The minimum Gasteiger partial charge on any atom is -0.490 e. The first-order valence-corrected chi connectivity index (χ1v) is 10.6. The Kier molecular flexibility index (Phi) is 6.87. The summed E-state index contributed by atoms with van der Waals surface area (Å²) >= 11 is 0. The van der Waals surface area contributed by atoms with Gasteiger partial charge in [0.05, 0.1) is 19.8 Å². The van der Waals surface area contributed by atoms with Crippen molar-refractivity contribution in [3.8, 4) is 11.5 Å². The molecular formula is C24H28O6. The molecule has 0 aromatic heterocycles. The van der Waals surface area contributed by atoms with E-state index in [0.717, 1.165) is 60.6 Å². The summed E-state index contributed by atoms with van der Waals surface area (Å²) in [4.78, 5) is 11.0. The maximum Gasteiger partial charge on any atom is 0.330 e. The third-order valence-electron chi connectivity index (χ3n) is 5.36. The lowest BCUT2D eigenvalue weighted by Gasteiger charge is -2.25. The predicted molar refractivity (Wildman–Crippen MR) is 113 cm³/mol. The standard InChI is InChI=1S/C24H28O6/c1-2-22(25)27-13-11-26-12-14-28-23-18-7-3-5-9-20(18)24(30-16-17-15-29-17)21-10-6-4-8-19(21)23/h2-3,5,7,9,17H,1,4,6,8,10-16H2. The molecule has 1 aliphatic heterocycles. The average molecular weight is 412 g/mol. The van der Waals surface area contributed by atoms with Gasteiger partial charge in [0, 0.05) is 28.0 Å². The molecule has 1 saturated heterocycles. The fourth-order valence-corrected chi connectivity index (χ4v) is 3.85. The fourth-order valence-electron chi connectivity index (χ4n) is 3.85. The molecule has 0 bridgehead atoms. The highest BCUT2D eigenvalue weighted by Crippen LogP contribution is 2.44. The third kappa shape index (κ3) is 4.94. The van der Waals surface area contributed by atoms with Crippen molar-refractivity contribution in [2.45, 2.75) is 31.8 Å². The maximum absolute atomic E-state index is 11.0. The summed E-state index contributed by atoms with van der Waals surface area (Å²) in [5.41, 5.74) is 2.53. The van der Waals surface area contributed by atoms with Gasteiger partial charge in [0.2, 0.25) is 0 Å². The number of benzene rings is 2. The lowest BCUT2D eigenvalue weighted by Crippen LogP contribution is -2.15. The average Bonchev–Trinajstić information content (AvgIpc) is 3.61. The highest BCUT2D eigenvalue weighted by molar-refractivity contribution is 5.96. The Morgan fingerprint density at radius 3 is 2.27 bits per heavy atom. The third-order valence-corrected chi connectivity index (χ3v) is 5.36. The minimum atomic E-state index is -0.441. The topological polar surface area (TPSA) is 66.5 Å². The molecule has 6 nitrogen and oxygen atoms in total. The van der Waals surface area contributed by atoms with Crippen molar-refractivity contribution >= 4 is 16.7 Å². The second-order valence-corrected chi connectivity index (χ2v) is 7.47. The number of ether oxygens (including phenoxy) is 5. The van der Waals surface area contributed by atoms with Crippen LogP contribution in [0.25, 0.3) is 10.8 Å². The molecule has 0 amide bonds. The van der Waals surface area contributed by atoms with E-state index in [2.05, 4.69) is 18.7 Å². The van der Waals surface area contributed by atoms with Gasteiger partial charge in [-0.05, 0) is 25.7 Å². The monoisotopic (exact) mass is 412 g/mol. The molecule has 2 aliphatic rings. The minimum absolute atomic E-state index is 0.208. The van der Waals surface area contributed by atoms with Crippen LogP contribution >= 0.6 is 0 Å². The first-order chi connectivity index (χ1) is 14.8. The zero-order valence-electron chi connectivity index (χ0n) is 17.2. The summed E-state index contributed by atoms with van der Waals surface area (Å²) in [5, 5.41) is 2.16. The number of esters is 1. The van der Waals surface area contributed by atoms with Crippen LogP contribution in [-0.2, 0) is 31.8 Å². The van der Waals surface area contributed by atoms with Crippen LogP contribution in [-0.4, -0.2) is 51.7 Å². The highest BCUT2D eigenvalue weighted by atomic mass is 16.6. The Bertz CT molecular complexity index is 902. The summed E-state index contributed by atoms with van der Waals surface area (Å²) < 4.78 is 28.2. The van der Waals surface area contributed by atoms with Crippen molar-refractivity contribution in [3.63, 3.8) is 0 Å². The molecule has 160 valence electrons. The van der Waals surface area contributed by atoms with Gasteiger partial charge in [-0.3, -0.25) is 0 Å². The molecule has 1 atom stereocenters. The molecule has 2 aromatic rings. The Morgan fingerprint density at radius 1 is 1.00 bits per heavy atom. The van der Waals surface area contributed by atoms with Crippen molar-refractivity contribution in [1.29, 1.82) is 0 Å². The largest absolute Gasteiger partial charge is 0.490 e. The Morgan fingerprint density at radius 2 is 1.63 bits per heavy atom. The molecule has 1 unspecified atom stereocenters. The van der Waals surface area contributed by atoms with Crippen molar-refractivity contribution in [1.82, 2.24) is 0 Å². The summed E-state index contributed by atoms with van der Waals surface area (Å²) in [6.07, 6.45) is 5.67.